The van der Waals surface area contributed by atoms with Crippen LogP contribution in [-0.2, 0) is 119 Å². The molecular weight excluding hydrogens is 872 g/mol. The van der Waals surface area contributed by atoms with E-state index in [1.807, 2.05) is 0 Å². The Morgan fingerprint density at radius 2 is 0.578 bits per heavy atom. The maximum Gasteiger partial charge on any atom is 0.303 e. The molecule has 0 amide bonds. The molecule has 0 aliphatic carbocycles. The smallest absolute Gasteiger partial charge is 0.303 e. The molecule has 0 radical (unpaired) electrons. The van der Waals surface area contributed by atoms with Crippen LogP contribution >= 0.6 is 0 Å². The molecule has 26 heteroatoms. The van der Waals surface area contributed by atoms with E-state index in [0.29, 0.717) is 0 Å². The van der Waals surface area contributed by atoms with Gasteiger partial charge in [-0.25, -0.2) is 0 Å². The molecule has 0 saturated carbocycles. The molecule has 64 heavy (non-hydrogen) atoms. The summed E-state index contributed by atoms with van der Waals surface area (Å²) in [5.74, 6) is -9.55. The average molecular weight is 925 g/mol. The zero-order valence-corrected chi connectivity index (χ0v) is 36.4. The van der Waals surface area contributed by atoms with Gasteiger partial charge < -0.3 is 76.2 Å². The van der Waals surface area contributed by atoms with E-state index < -0.39 is 172 Å². The molecule has 0 aromatic heterocycles. The van der Waals surface area contributed by atoms with Gasteiger partial charge >= 0.3 is 59.7 Å². The minimum absolute atomic E-state index is 0.702. The number of hydrogen-bond donors (Lipinski definition) is 1. The highest BCUT2D eigenvalue weighted by atomic mass is 16.8. The summed E-state index contributed by atoms with van der Waals surface area (Å²) in [4.78, 5) is 123. The molecule has 3 aliphatic rings. The monoisotopic (exact) mass is 924 g/mol. The summed E-state index contributed by atoms with van der Waals surface area (Å²) < 4.78 is 84.1. The van der Waals surface area contributed by atoms with E-state index in [1.165, 1.54) is 0 Å². The summed E-state index contributed by atoms with van der Waals surface area (Å²) in [6.07, 6.45) is -27.7. The van der Waals surface area contributed by atoms with Gasteiger partial charge in [-0.15, -0.1) is 0 Å². The lowest BCUT2D eigenvalue weighted by molar-refractivity contribution is -0.388. The summed E-state index contributed by atoms with van der Waals surface area (Å²) in [5, 5.41) is 11.7. The van der Waals surface area contributed by atoms with Crippen LogP contribution in [-0.4, -0.2) is 177 Å². The fourth-order valence-electron chi connectivity index (χ4n) is 6.77. The largest absolute Gasteiger partial charge is 0.463 e. The van der Waals surface area contributed by atoms with Crippen molar-refractivity contribution in [3.8, 4) is 0 Å². The number of hydrogen-bond acceptors (Lipinski definition) is 26. The number of aliphatic hydroxyl groups is 1. The van der Waals surface area contributed by atoms with Crippen LogP contribution in [0.5, 0.6) is 0 Å². The van der Waals surface area contributed by atoms with E-state index in [4.69, 9.17) is 71.1 Å². The Bertz CT molecular complexity index is 1730. The van der Waals surface area contributed by atoms with Crippen molar-refractivity contribution in [2.24, 2.45) is 0 Å². The van der Waals surface area contributed by atoms with Gasteiger partial charge in [-0.1, -0.05) is 0 Å². The quantitative estimate of drug-likeness (QED) is 0.123. The predicted octanol–water partition coefficient (Wildman–Crippen LogP) is -1.86. The number of ether oxygens (including phenoxy) is 15. The Labute approximate surface area is 364 Å². The molecule has 3 saturated heterocycles. The molecule has 3 aliphatic heterocycles. The summed E-state index contributed by atoms with van der Waals surface area (Å²) in [6.45, 7) is 7.71. The van der Waals surface area contributed by atoms with Crippen LogP contribution in [0.4, 0.5) is 0 Å². The lowest BCUT2D eigenvalue weighted by atomic mass is 9.95. The average Bonchev–Trinajstić information content (AvgIpc) is 3.14. The van der Waals surface area contributed by atoms with E-state index in [-0.39, 0.29) is 0 Å². The third-order valence-electron chi connectivity index (χ3n) is 8.84. The molecule has 0 bridgehead atoms. The van der Waals surface area contributed by atoms with Crippen molar-refractivity contribution in [3.63, 3.8) is 0 Å². The fourth-order valence-corrected chi connectivity index (χ4v) is 6.77. The number of carbonyl (C=O) groups is 10. The topological polar surface area (TPSA) is 329 Å². The van der Waals surface area contributed by atoms with Gasteiger partial charge in [0.15, 0.2) is 61.6 Å². The van der Waals surface area contributed by atoms with Crippen LogP contribution in [0.2, 0.25) is 0 Å². The molecule has 15 atom stereocenters. The summed E-state index contributed by atoms with van der Waals surface area (Å²) in [7, 11) is 0. The van der Waals surface area contributed by atoms with Crippen molar-refractivity contribution in [1.29, 1.82) is 0 Å². The minimum Gasteiger partial charge on any atom is -0.463 e. The Kier molecular flexibility index (Phi) is 19.8. The summed E-state index contributed by atoms with van der Waals surface area (Å²) in [5.41, 5.74) is 0. The molecule has 26 nitrogen and oxygen atoms in total. The molecule has 1 N–H and O–H groups in total. The van der Waals surface area contributed by atoms with Crippen molar-refractivity contribution in [3.05, 3.63) is 0 Å². The lowest BCUT2D eigenvalue weighted by Crippen LogP contribution is -2.69. The van der Waals surface area contributed by atoms with Crippen LogP contribution < -0.4 is 0 Å². The summed E-state index contributed by atoms with van der Waals surface area (Å²) >= 11 is 0. The number of esters is 10. The highest BCUT2D eigenvalue weighted by molar-refractivity contribution is 5.70. The molecule has 3 fully saturated rings. The second-order valence-corrected chi connectivity index (χ2v) is 14.3. The molecule has 0 aromatic carbocycles. The molecular formula is C38H52O26. The van der Waals surface area contributed by atoms with Crippen molar-refractivity contribution >= 4 is 59.7 Å². The van der Waals surface area contributed by atoms with E-state index in [0.717, 1.165) is 69.2 Å². The first-order valence-corrected chi connectivity index (χ1v) is 19.4. The van der Waals surface area contributed by atoms with Crippen molar-refractivity contribution < 1.29 is 124 Å². The van der Waals surface area contributed by atoms with Gasteiger partial charge in [0.2, 0.25) is 0 Å². The van der Waals surface area contributed by atoms with Gasteiger partial charge in [0.1, 0.15) is 50.3 Å². The third kappa shape index (κ3) is 15.6. The number of carbonyl (C=O) groups excluding carboxylic acids is 10. The molecule has 0 spiro atoms. The van der Waals surface area contributed by atoms with Gasteiger partial charge in [-0.2, -0.15) is 0 Å². The van der Waals surface area contributed by atoms with Crippen LogP contribution in [0.25, 0.3) is 0 Å². The second-order valence-electron chi connectivity index (χ2n) is 14.3. The van der Waals surface area contributed by atoms with Gasteiger partial charge in [0.25, 0.3) is 0 Å². The Morgan fingerprint density at radius 3 is 0.875 bits per heavy atom. The normalized spacial score (nSPS) is 32.3. The van der Waals surface area contributed by atoms with E-state index in [9.17, 15) is 53.1 Å². The maximum absolute atomic E-state index is 12.7. The Hall–Kier alpha value is -5.54. The first-order valence-electron chi connectivity index (χ1n) is 19.4. The van der Waals surface area contributed by atoms with Crippen LogP contribution in [0.3, 0.4) is 0 Å². The van der Waals surface area contributed by atoms with E-state index in [1.54, 1.807) is 0 Å². The fraction of sp³-hybridized carbons (Fsp3) is 0.737. The second kappa shape index (κ2) is 23.9. The standard InChI is InChI=1S/C38H52O26/c1-14(39)50-11-24-27(53-17(4)42)30(63-37-34(58-22(9)47)31(56-20(7)45)28(54-18(5)43)25(61-37)12-51-15(2)40)33(36(49)60-24)64-38-35(59-23(10)48)32(57-21(8)46)29(55-19(6)44)26(62-38)13-52-16(3)41/h24-38,49H,11-13H2,1-10H3/t24-,25-,26-,27+,28+,29+,30+,31+,32+,33-,34-,35-,36-,37+,38+/m1/s1. The third-order valence-corrected chi connectivity index (χ3v) is 8.84. The van der Waals surface area contributed by atoms with E-state index in [2.05, 4.69) is 0 Å². The Morgan fingerprint density at radius 1 is 0.328 bits per heavy atom. The zero-order chi connectivity index (χ0) is 48.2. The SMILES string of the molecule is CC(=O)OC[C@H]1O[C@@H](O)[C@H](O[C@@H]2O[C@H](COC(C)=O)[C@H](OC(C)=O)[C@H](OC(C)=O)[C@H]2OC(C)=O)[C@@H](O[C@@H]2O[C@H](COC(C)=O)[C@H](OC(C)=O)[C@H](OC(C)=O)[C@H]2OC(C)=O)[C@H]1OC(C)=O. The summed E-state index contributed by atoms with van der Waals surface area (Å²) in [6, 6.07) is 0. The molecule has 0 unspecified atom stereocenters. The molecule has 3 heterocycles. The van der Waals surface area contributed by atoms with E-state index >= 15 is 0 Å². The lowest BCUT2D eigenvalue weighted by Gasteiger charge is -2.50. The van der Waals surface area contributed by atoms with Crippen LogP contribution in [0.15, 0.2) is 0 Å². The first-order chi connectivity index (χ1) is 29.9. The predicted molar refractivity (Wildman–Crippen MR) is 197 cm³/mol. The minimum atomic E-state index is -2.25. The molecule has 0 aromatic rings. The first kappa shape index (κ1) is 52.8. The molecule has 3 rings (SSSR count). The van der Waals surface area contributed by atoms with Gasteiger partial charge in [-0.3, -0.25) is 47.9 Å². The Balaban J connectivity index is 2.31. The highest BCUT2D eigenvalue weighted by Crippen LogP contribution is 2.38. The zero-order valence-electron chi connectivity index (χ0n) is 36.4. The number of rotatable bonds is 17. The van der Waals surface area contributed by atoms with Crippen molar-refractivity contribution in [1.82, 2.24) is 0 Å². The van der Waals surface area contributed by atoms with Gasteiger partial charge in [-0.05, 0) is 0 Å². The van der Waals surface area contributed by atoms with Gasteiger partial charge in [0.05, 0.1) is 0 Å². The number of aliphatic hydroxyl groups excluding tert-OH is 1. The highest BCUT2D eigenvalue weighted by Gasteiger charge is 2.59. The van der Waals surface area contributed by atoms with Gasteiger partial charge in [0, 0.05) is 69.2 Å². The molecule has 360 valence electrons. The van der Waals surface area contributed by atoms with Crippen molar-refractivity contribution in [2.45, 2.75) is 161 Å². The van der Waals surface area contributed by atoms with Crippen LogP contribution in [0.1, 0.15) is 69.2 Å². The van der Waals surface area contributed by atoms with Crippen molar-refractivity contribution in [2.75, 3.05) is 19.8 Å². The van der Waals surface area contributed by atoms with Crippen LogP contribution in [0, 0.1) is 0 Å². The maximum atomic E-state index is 12.7.